The Bertz CT molecular complexity index is 1580. The highest BCUT2D eigenvalue weighted by Gasteiger charge is 2.27. The van der Waals surface area contributed by atoms with Crippen molar-refractivity contribution in [2.24, 2.45) is 0 Å². The van der Waals surface area contributed by atoms with Crippen molar-refractivity contribution in [3.63, 3.8) is 0 Å². The molecule has 1 aromatic heterocycles. The largest absolute Gasteiger partial charge is 0.456 e. The lowest BCUT2D eigenvalue weighted by Gasteiger charge is -2.28. The van der Waals surface area contributed by atoms with Crippen LogP contribution in [0.25, 0.3) is 44.2 Å². The van der Waals surface area contributed by atoms with Crippen molar-refractivity contribution in [2.45, 2.75) is 65.2 Å². The van der Waals surface area contributed by atoms with E-state index < -0.39 is 0 Å². The Morgan fingerprint density at radius 2 is 1.26 bits per heavy atom. The van der Waals surface area contributed by atoms with Crippen molar-refractivity contribution < 1.29 is 4.42 Å². The van der Waals surface area contributed by atoms with Gasteiger partial charge in [0.1, 0.15) is 11.2 Å². The lowest BCUT2D eigenvalue weighted by Crippen LogP contribution is -2.16. The smallest absolute Gasteiger partial charge is 0.136 e. The maximum Gasteiger partial charge on any atom is 0.136 e. The van der Waals surface area contributed by atoms with Gasteiger partial charge in [0.15, 0.2) is 0 Å². The summed E-state index contributed by atoms with van der Waals surface area (Å²) in [7, 11) is 0. The van der Waals surface area contributed by atoms with Crippen molar-refractivity contribution in [1.29, 1.82) is 0 Å². The zero-order chi connectivity index (χ0) is 24.7. The Hall–Kier alpha value is -3.32. The molecular formula is C34H34O. The van der Waals surface area contributed by atoms with E-state index in [0.29, 0.717) is 0 Å². The molecule has 0 saturated heterocycles. The molecule has 1 heteroatoms. The highest BCUT2D eigenvalue weighted by molar-refractivity contribution is 6.15. The molecule has 4 aromatic carbocycles. The Morgan fingerprint density at radius 1 is 0.600 bits per heavy atom. The maximum atomic E-state index is 6.44. The van der Waals surface area contributed by atoms with E-state index in [0.717, 1.165) is 11.2 Å². The normalized spacial score (nSPS) is 15.6. The van der Waals surface area contributed by atoms with Gasteiger partial charge in [0.05, 0.1) is 0 Å². The summed E-state index contributed by atoms with van der Waals surface area (Å²) < 4.78 is 6.44. The van der Waals surface area contributed by atoms with E-state index in [4.69, 9.17) is 4.42 Å². The number of furan rings is 1. The zero-order valence-corrected chi connectivity index (χ0v) is 21.9. The molecule has 2 bridgehead atoms. The lowest BCUT2D eigenvalue weighted by molar-refractivity contribution is 0.569. The third-order valence-electron chi connectivity index (χ3n) is 7.81. The van der Waals surface area contributed by atoms with Crippen LogP contribution in [0.15, 0.2) is 77.2 Å². The van der Waals surface area contributed by atoms with Crippen molar-refractivity contribution in [1.82, 2.24) is 0 Å². The molecule has 0 radical (unpaired) electrons. The fraction of sp³-hybridized carbons (Fsp3) is 0.294. The second-order valence-electron chi connectivity index (χ2n) is 12.3. The molecule has 0 aliphatic heterocycles. The van der Waals surface area contributed by atoms with E-state index in [1.165, 1.54) is 55.3 Å². The minimum Gasteiger partial charge on any atom is -0.456 e. The van der Waals surface area contributed by atoms with Gasteiger partial charge in [0, 0.05) is 16.7 Å². The van der Waals surface area contributed by atoms with Gasteiger partial charge in [0.2, 0.25) is 0 Å². The fourth-order valence-corrected chi connectivity index (χ4v) is 5.67. The number of rotatable bonds is 1. The fourth-order valence-electron chi connectivity index (χ4n) is 5.67. The minimum atomic E-state index is 0.0706. The van der Waals surface area contributed by atoms with Crippen LogP contribution < -0.4 is 0 Å². The van der Waals surface area contributed by atoms with Crippen LogP contribution in [0.3, 0.4) is 0 Å². The Labute approximate surface area is 208 Å². The molecule has 1 nitrogen and oxygen atoms in total. The SMILES string of the molecule is CC1c2cccc(c2)-c2cccc3oc4ccc(-c5cc(C(C)(C)C)cc(C(C)(C)C)c5)c1c4c23. The third-order valence-corrected chi connectivity index (χ3v) is 7.81. The predicted octanol–water partition coefficient (Wildman–Crippen LogP) is 9.98. The molecule has 5 aromatic rings. The summed E-state index contributed by atoms with van der Waals surface area (Å²) in [6, 6.07) is 27.2. The number of hydrogen-bond acceptors (Lipinski definition) is 1. The van der Waals surface area contributed by atoms with Gasteiger partial charge < -0.3 is 4.42 Å². The second kappa shape index (κ2) is 7.34. The third kappa shape index (κ3) is 3.44. The van der Waals surface area contributed by atoms with Crippen molar-refractivity contribution in [3.05, 3.63) is 95.1 Å². The van der Waals surface area contributed by atoms with E-state index in [2.05, 4.69) is 121 Å². The Balaban J connectivity index is 1.76. The van der Waals surface area contributed by atoms with Crippen LogP contribution in [0, 0.1) is 0 Å². The molecule has 1 aliphatic rings. The van der Waals surface area contributed by atoms with Crippen LogP contribution in [-0.4, -0.2) is 0 Å². The van der Waals surface area contributed by atoms with Crippen LogP contribution in [0.2, 0.25) is 0 Å². The average Bonchev–Trinajstić information content (AvgIpc) is 3.20. The number of hydrogen-bond donors (Lipinski definition) is 0. The van der Waals surface area contributed by atoms with E-state index in [1.54, 1.807) is 0 Å². The number of benzene rings is 4. The molecule has 1 atom stereocenters. The van der Waals surface area contributed by atoms with Crippen molar-refractivity contribution in [3.8, 4) is 22.3 Å². The van der Waals surface area contributed by atoms with E-state index in [9.17, 15) is 0 Å². The molecule has 0 N–H and O–H groups in total. The summed E-state index contributed by atoms with van der Waals surface area (Å²) in [4.78, 5) is 0. The Kier molecular flexibility index (Phi) is 4.65. The summed E-state index contributed by atoms with van der Waals surface area (Å²) in [5.41, 5.74) is 12.7. The van der Waals surface area contributed by atoms with Crippen LogP contribution in [-0.2, 0) is 10.8 Å². The predicted molar refractivity (Wildman–Crippen MR) is 150 cm³/mol. The summed E-state index contributed by atoms with van der Waals surface area (Å²) in [6.45, 7) is 16.2. The molecule has 0 saturated carbocycles. The first kappa shape index (κ1) is 22.2. The topological polar surface area (TPSA) is 13.1 Å². The molecule has 1 unspecified atom stereocenters. The zero-order valence-electron chi connectivity index (χ0n) is 21.9. The summed E-state index contributed by atoms with van der Waals surface area (Å²) in [6.07, 6.45) is 0. The van der Waals surface area contributed by atoms with Gasteiger partial charge in [-0.25, -0.2) is 0 Å². The van der Waals surface area contributed by atoms with E-state index in [-0.39, 0.29) is 16.7 Å². The first-order chi connectivity index (χ1) is 16.5. The van der Waals surface area contributed by atoms with Crippen molar-refractivity contribution >= 4 is 21.9 Å². The summed E-state index contributed by atoms with van der Waals surface area (Å²) >= 11 is 0. The molecule has 6 rings (SSSR count). The van der Waals surface area contributed by atoms with E-state index in [1.807, 2.05) is 0 Å². The molecule has 176 valence electrons. The molecule has 35 heavy (non-hydrogen) atoms. The van der Waals surface area contributed by atoms with Gasteiger partial charge in [-0.2, -0.15) is 0 Å². The first-order valence-corrected chi connectivity index (χ1v) is 12.8. The molecule has 0 amide bonds. The molecular weight excluding hydrogens is 424 g/mol. The first-order valence-electron chi connectivity index (χ1n) is 12.8. The van der Waals surface area contributed by atoms with Gasteiger partial charge in [0.25, 0.3) is 0 Å². The van der Waals surface area contributed by atoms with Crippen LogP contribution in [0.5, 0.6) is 0 Å². The molecule has 0 spiro atoms. The lowest BCUT2D eigenvalue weighted by atomic mass is 9.76. The van der Waals surface area contributed by atoms with Gasteiger partial charge in [-0.3, -0.25) is 0 Å². The summed E-state index contributed by atoms with van der Waals surface area (Å²) in [5.74, 6) is 0.249. The number of fused-ring (bicyclic) bond motifs is 3. The van der Waals surface area contributed by atoms with E-state index >= 15 is 0 Å². The molecule has 0 fully saturated rings. The second-order valence-corrected chi connectivity index (χ2v) is 12.3. The molecule has 1 aliphatic carbocycles. The van der Waals surface area contributed by atoms with Crippen molar-refractivity contribution in [2.75, 3.05) is 0 Å². The minimum absolute atomic E-state index is 0.0706. The van der Waals surface area contributed by atoms with Crippen LogP contribution in [0.4, 0.5) is 0 Å². The Morgan fingerprint density at radius 3 is 1.94 bits per heavy atom. The van der Waals surface area contributed by atoms with Gasteiger partial charge in [-0.15, -0.1) is 0 Å². The highest BCUT2D eigenvalue weighted by atomic mass is 16.3. The summed E-state index contributed by atoms with van der Waals surface area (Å²) in [5, 5.41) is 2.51. The van der Waals surface area contributed by atoms with Crippen LogP contribution in [0.1, 0.15) is 76.6 Å². The monoisotopic (exact) mass is 458 g/mol. The highest BCUT2D eigenvalue weighted by Crippen LogP contribution is 2.48. The molecule has 1 heterocycles. The van der Waals surface area contributed by atoms with Crippen LogP contribution >= 0.6 is 0 Å². The maximum absolute atomic E-state index is 6.44. The van der Waals surface area contributed by atoms with Gasteiger partial charge in [-0.1, -0.05) is 109 Å². The van der Waals surface area contributed by atoms with Gasteiger partial charge >= 0.3 is 0 Å². The quantitative estimate of drug-likeness (QED) is 0.243. The average molecular weight is 459 g/mol. The van der Waals surface area contributed by atoms with Gasteiger partial charge in [-0.05, 0) is 67.5 Å². The standard InChI is InChI=1S/C34H34O/c1-20-21-10-8-11-22(16-21)26-12-9-13-28-31(26)32-29(35-28)15-14-27(30(20)32)23-17-24(33(2,3)4)19-25(18-23)34(5,6)7/h8-20H,1-7H3.